The highest BCUT2D eigenvalue weighted by molar-refractivity contribution is 7.89. The van der Waals surface area contributed by atoms with Crippen molar-refractivity contribution in [2.75, 3.05) is 32.8 Å². The summed E-state index contributed by atoms with van der Waals surface area (Å²) >= 11 is 0. The normalized spacial score (nSPS) is 33.8. The van der Waals surface area contributed by atoms with Crippen molar-refractivity contribution in [3.63, 3.8) is 0 Å². The van der Waals surface area contributed by atoms with Gasteiger partial charge in [0, 0.05) is 19.6 Å². The topological polar surface area (TPSA) is 58.6 Å². The first-order valence-electron chi connectivity index (χ1n) is 5.92. The Kier molecular flexibility index (Phi) is 3.84. The first kappa shape index (κ1) is 12.3. The average Bonchev–Trinajstić information content (AvgIpc) is 2.30. The lowest BCUT2D eigenvalue weighted by Gasteiger charge is -2.34. The van der Waals surface area contributed by atoms with Crippen LogP contribution in [0.5, 0.6) is 0 Å². The second kappa shape index (κ2) is 5.00. The Hall–Kier alpha value is -0.170. The van der Waals surface area contributed by atoms with Crippen LogP contribution in [-0.2, 0) is 14.8 Å². The highest BCUT2D eigenvalue weighted by Crippen LogP contribution is 2.18. The van der Waals surface area contributed by atoms with E-state index in [0.29, 0.717) is 26.2 Å². The fourth-order valence-electron chi connectivity index (χ4n) is 2.30. The van der Waals surface area contributed by atoms with Crippen LogP contribution in [0.4, 0.5) is 0 Å². The lowest BCUT2D eigenvalue weighted by atomic mass is 10.2. The largest absolute Gasteiger partial charge is 0.376 e. The van der Waals surface area contributed by atoms with Crippen LogP contribution >= 0.6 is 0 Å². The Morgan fingerprint density at radius 1 is 1.44 bits per heavy atom. The van der Waals surface area contributed by atoms with E-state index in [4.69, 9.17) is 4.74 Å². The highest BCUT2D eigenvalue weighted by atomic mass is 32.2. The van der Waals surface area contributed by atoms with Gasteiger partial charge in [0.2, 0.25) is 10.0 Å². The zero-order chi connectivity index (χ0) is 11.6. The summed E-state index contributed by atoms with van der Waals surface area (Å²) in [4.78, 5) is 0. The number of ether oxygens (including phenoxy) is 1. The minimum absolute atomic E-state index is 0.0140. The molecule has 0 spiro atoms. The van der Waals surface area contributed by atoms with Crippen LogP contribution in [0.2, 0.25) is 0 Å². The van der Waals surface area contributed by atoms with Crippen molar-refractivity contribution in [2.45, 2.75) is 31.1 Å². The Balaban J connectivity index is 2.05. The van der Waals surface area contributed by atoms with Crippen molar-refractivity contribution >= 4 is 10.0 Å². The Labute approximate surface area is 97.2 Å². The zero-order valence-electron chi connectivity index (χ0n) is 9.68. The van der Waals surface area contributed by atoms with E-state index < -0.39 is 10.0 Å². The van der Waals surface area contributed by atoms with Crippen LogP contribution in [0.3, 0.4) is 0 Å². The molecule has 1 N–H and O–H groups in total. The zero-order valence-corrected chi connectivity index (χ0v) is 10.5. The first-order chi connectivity index (χ1) is 7.60. The molecule has 2 heterocycles. The third kappa shape index (κ3) is 2.56. The van der Waals surface area contributed by atoms with Crippen molar-refractivity contribution in [3.05, 3.63) is 0 Å². The molecule has 0 aliphatic carbocycles. The molecule has 0 radical (unpaired) electrons. The molecule has 2 rings (SSSR count). The smallest absolute Gasteiger partial charge is 0.218 e. The monoisotopic (exact) mass is 248 g/mol. The van der Waals surface area contributed by atoms with Gasteiger partial charge in [0.25, 0.3) is 0 Å². The van der Waals surface area contributed by atoms with Gasteiger partial charge in [0.15, 0.2) is 0 Å². The summed E-state index contributed by atoms with van der Waals surface area (Å²) in [6.07, 6.45) is 1.74. The van der Waals surface area contributed by atoms with E-state index in [0.717, 1.165) is 19.4 Å². The lowest BCUT2D eigenvalue weighted by molar-refractivity contribution is 0.00978. The van der Waals surface area contributed by atoms with Crippen molar-refractivity contribution in [1.29, 1.82) is 0 Å². The lowest BCUT2D eigenvalue weighted by Crippen LogP contribution is -2.51. The standard InChI is InChI=1S/C10H20N2O3S/c1-9-8-12(5-6-15-9)16(13,14)10-3-2-4-11-7-10/h9-11H,2-8H2,1H3. The second-order valence-corrected chi connectivity index (χ2v) is 6.77. The molecule has 2 atom stereocenters. The Morgan fingerprint density at radius 2 is 2.25 bits per heavy atom. The summed E-state index contributed by atoms with van der Waals surface area (Å²) < 4.78 is 31.6. The summed E-state index contributed by atoms with van der Waals surface area (Å²) in [7, 11) is -3.13. The molecule has 2 unspecified atom stereocenters. The third-order valence-electron chi connectivity index (χ3n) is 3.24. The molecule has 16 heavy (non-hydrogen) atoms. The average molecular weight is 248 g/mol. The summed E-state index contributed by atoms with van der Waals surface area (Å²) in [5.74, 6) is 0. The van der Waals surface area contributed by atoms with E-state index in [9.17, 15) is 8.42 Å². The molecule has 0 aromatic heterocycles. The molecule has 2 saturated heterocycles. The van der Waals surface area contributed by atoms with Crippen LogP contribution in [-0.4, -0.2) is 56.9 Å². The molecule has 0 saturated carbocycles. The second-order valence-electron chi connectivity index (χ2n) is 4.55. The van der Waals surface area contributed by atoms with Crippen LogP contribution < -0.4 is 5.32 Å². The summed E-state index contributed by atoms with van der Waals surface area (Å²) in [6.45, 7) is 4.96. The van der Waals surface area contributed by atoms with E-state index in [-0.39, 0.29) is 11.4 Å². The van der Waals surface area contributed by atoms with Crippen molar-refractivity contribution in [3.8, 4) is 0 Å². The quantitative estimate of drug-likeness (QED) is 0.734. The van der Waals surface area contributed by atoms with E-state index in [1.165, 1.54) is 0 Å². The summed E-state index contributed by atoms with van der Waals surface area (Å²) in [5, 5.41) is 2.91. The maximum absolute atomic E-state index is 12.3. The van der Waals surface area contributed by atoms with E-state index in [1.807, 2.05) is 6.92 Å². The molecule has 0 amide bonds. The van der Waals surface area contributed by atoms with Crippen molar-refractivity contribution in [2.24, 2.45) is 0 Å². The Bertz CT molecular complexity index is 325. The summed E-state index contributed by atoms with van der Waals surface area (Å²) in [6, 6.07) is 0. The van der Waals surface area contributed by atoms with Gasteiger partial charge in [-0.15, -0.1) is 0 Å². The highest BCUT2D eigenvalue weighted by Gasteiger charge is 2.35. The predicted molar refractivity (Wildman–Crippen MR) is 61.8 cm³/mol. The van der Waals surface area contributed by atoms with Crippen molar-refractivity contribution in [1.82, 2.24) is 9.62 Å². The van der Waals surface area contributed by atoms with Gasteiger partial charge in [-0.3, -0.25) is 0 Å². The van der Waals surface area contributed by atoms with Gasteiger partial charge in [0.05, 0.1) is 18.0 Å². The van der Waals surface area contributed by atoms with Gasteiger partial charge in [-0.1, -0.05) is 0 Å². The van der Waals surface area contributed by atoms with Gasteiger partial charge in [-0.2, -0.15) is 4.31 Å². The van der Waals surface area contributed by atoms with E-state index in [1.54, 1.807) is 4.31 Å². The molecule has 5 nitrogen and oxygen atoms in total. The van der Waals surface area contributed by atoms with Crippen LogP contribution in [0.15, 0.2) is 0 Å². The number of hydrogen-bond donors (Lipinski definition) is 1. The molecule has 6 heteroatoms. The summed E-state index contributed by atoms with van der Waals surface area (Å²) in [5.41, 5.74) is 0. The molecule has 0 bridgehead atoms. The van der Waals surface area contributed by atoms with E-state index in [2.05, 4.69) is 5.32 Å². The minimum Gasteiger partial charge on any atom is -0.376 e. The van der Waals surface area contributed by atoms with Gasteiger partial charge >= 0.3 is 0 Å². The van der Waals surface area contributed by atoms with Crippen LogP contribution in [0.1, 0.15) is 19.8 Å². The predicted octanol–water partition coefficient (Wildman–Crippen LogP) is -0.211. The number of morpholine rings is 1. The maximum Gasteiger partial charge on any atom is 0.218 e. The van der Waals surface area contributed by atoms with E-state index >= 15 is 0 Å². The number of sulfonamides is 1. The molecular formula is C10H20N2O3S. The fourth-order valence-corrected chi connectivity index (χ4v) is 4.26. The molecule has 0 aromatic carbocycles. The van der Waals surface area contributed by atoms with Gasteiger partial charge < -0.3 is 10.1 Å². The number of nitrogens with one attached hydrogen (secondary N) is 1. The fraction of sp³-hybridized carbons (Fsp3) is 1.00. The van der Waals surface area contributed by atoms with Gasteiger partial charge in [-0.05, 0) is 26.3 Å². The van der Waals surface area contributed by atoms with Gasteiger partial charge in [0.1, 0.15) is 0 Å². The number of piperidine rings is 1. The van der Waals surface area contributed by atoms with Crippen LogP contribution in [0, 0.1) is 0 Å². The number of hydrogen-bond acceptors (Lipinski definition) is 4. The molecule has 2 aliphatic heterocycles. The molecule has 2 aliphatic rings. The third-order valence-corrected chi connectivity index (χ3v) is 5.53. The Morgan fingerprint density at radius 3 is 2.88 bits per heavy atom. The number of rotatable bonds is 2. The van der Waals surface area contributed by atoms with Crippen LogP contribution in [0.25, 0.3) is 0 Å². The SMILES string of the molecule is CC1CN(S(=O)(=O)C2CCCNC2)CCO1. The molecule has 94 valence electrons. The van der Waals surface area contributed by atoms with Gasteiger partial charge in [-0.25, -0.2) is 8.42 Å². The first-order valence-corrected chi connectivity index (χ1v) is 7.42. The van der Waals surface area contributed by atoms with Crippen molar-refractivity contribution < 1.29 is 13.2 Å². The molecule has 2 fully saturated rings. The molecule has 0 aromatic rings. The maximum atomic E-state index is 12.3. The minimum atomic E-state index is -3.13. The molecular weight excluding hydrogens is 228 g/mol. The number of nitrogens with zero attached hydrogens (tertiary/aromatic N) is 1.